The number of hydrogen-bond acceptors (Lipinski definition) is 6. The van der Waals surface area contributed by atoms with Crippen LogP contribution in [0, 0.1) is 6.92 Å². The van der Waals surface area contributed by atoms with Gasteiger partial charge in [0.15, 0.2) is 5.65 Å². The van der Waals surface area contributed by atoms with Crippen molar-refractivity contribution in [3.63, 3.8) is 0 Å². The van der Waals surface area contributed by atoms with Crippen molar-refractivity contribution in [1.29, 1.82) is 0 Å². The number of carbonyl (C=O) groups excluding carboxylic acids is 1. The summed E-state index contributed by atoms with van der Waals surface area (Å²) in [5, 5.41) is 7.91. The van der Waals surface area contributed by atoms with Gasteiger partial charge in [-0.05, 0) is 25.7 Å². The summed E-state index contributed by atoms with van der Waals surface area (Å²) >= 11 is 0. The summed E-state index contributed by atoms with van der Waals surface area (Å²) in [5.41, 5.74) is 1.97. The van der Waals surface area contributed by atoms with Crippen molar-refractivity contribution in [3.8, 4) is 0 Å². The number of ether oxygens (including phenoxy) is 1. The molecule has 8 heteroatoms. The first-order chi connectivity index (χ1) is 11.5. The second-order valence-electron chi connectivity index (χ2n) is 6.46. The molecule has 3 rings (SSSR count). The van der Waals surface area contributed by atoms with Gasteiger partial charge in [-0.25, -0.2) is 9.78 Å². The molecule has 0 unspecified atom stereocenters. The molecule has 1 aliphatic heterocycles. The largest absolute Gasteiger partial charge is 0.453 e. The molecule has 0 spiro atoms. The van der Waals surface area contributed by atoms with E-state index in [0.717, 1.165) is 29.9 Å². The smallest absolute Gasteiger partial charge is 0.409 e. The van der Waals surface area contributed by atoms with Gasteiger partial charge in [-0.2, -0.15) is 14.6 Å². The molecule has 1 N–H and O–H groups in total. The van der Waals surface area contributed by atoms with Crippen molar-refractivity contribution in [2.24, 2.45) is 0 Å². The summed E-state index contributed by atoms with van der Waals surface area (Å²) in [6.45, 7) is 7.50. The van der Waals surface area contributed by atoms with Gasteiger partial charge in [0.1, 0.15) is 5.82 Å². The topological polar surface area (TPSA) is 84.6 Å². The zero-order chi connectivity index (χ0) is 17.3. The molecule has 2 aromatic rings. The molecular formula is C16H24N6O2. The van der Waals surface area contributed by atoms with Crippen molar-refractivity contribution in [3.05, 3.63) is 17.6 Å². The maximum absolute atomic E-state index is 11.6. The molecule has 0 radical (unpaired) electrons. The predicted molar refractivity (Wildman–Crippen MR) is 90.2 cm³/mol. The number of fused-ring (bicyclic) bond motifs is 1. The Morgan fingerprint density at radius 1 is 1.33 bits per heavy atom. The van der Waals surface area contributed by atoms with Gasteiger partial charge in [0.05, 0.1) is 13.3 Å². The molecule has 0 aliphatic carbocycles. The number of nitrogens with zero attached hydrogens (tertiary/aromatic N) is 5. The van der Waals surface area contributed by atoms with Gasteiger partial charge in [-0.3, -0.25) is 0 Å². The number of nitrogens with one attached hydrogen (secondary N) is 1. The third-order valence-electron chi connectivity index (χ3n) is 4.39. The van der Waals surface area contributed by atoms with Crippen LogP contribution in [0.2, 0.25) is 0 Å². The minimum Gasteiger partial charge on any atom is -0.453 e. The van der Waals surface area contributed by atoms with Crippen molar-refractivity contribution in [2.75, 3.05) is 25.5 Å². The molecule has 24 heavy (non-hydrogen) atoms. The van der Waals surface area contributed by atoms with E-state index in [1.807, 2.05) is 13.1 Å². The molecule has 1 amide bonds. The Bertz CT molecular complexity index is 733. The molecule has 0 atom stereocenters. The van der Waals surface area contributed by atoms with E-state index in [2.05, 4.69) is 34.2 Å². The molecular weight excluding hydrogens is 308 g/mol. The lowest BCUT2D eigenvalue weighted by Gasteiger charge is -2.31. The number of likely N-dealkylation sites (tertiary alicyclic amines) is 1. The normalized spacial score (nSPS) is 16.0. The van der Waals surface area contributed by atoms with Crippen LogP contribution in [0.25, 0.3) is 5.65 Å². The number of hydrogen-bond donors (Lipinski definition) is 1. The molecule has 1 saturated heterocycles. The number of anilines is 1. The van der Waals surface area contributed by atoms with Crippen LogP contribution in [-0.2, 0) is 4.74 Å². The quantitative estimate of drug-likeness (QED) is 0.927. The highest BCUT2D eigenvalue weighted by molar-refractivity contribution is 5.67. The third-order valence-corrected chi connectivity index (χ3v) is 4.39. The standard InChI is InChI=1S/C16H24N6O2/c1-10(2)13-9-17-22-14(13)18-11(3)19-15(22)20-12-5-7-21(8-6-12)16(23)24-4/h9-10,12H,5-8H2,1-4H3,(H,18,19,20). The first-order valence-corrected chi connectivity index (χ1v) is 8.31. The summed E-state index contributed by atoms with van der Waals surface area (Å²) < 4.78 is 6.55. The van der Waals surface area contributed by atoms with E-state index in [-0.39, 0.29) is 12.1 Å². The maximum Gasteiger partial charge on any atom is 0.409 e. The SMILES string of the molecule is COC(=O)N1CCC(Nc2nc(C)nc3c(C(C)C)cnn23)CC1. The summed E-state index contributed by atoms with van der Waals surface area (Å²) in [6, 6.07) is 0.245. The van der Waals surface area contributed by atoms with Crippen LogP contribution in [0.4, 0.5) is 10.7 Å². The third kappa shape index (κ3) is 3.13. The Labute approximate surface area is 141 Å². The average molecular weight is 332 g/mol. The summed E-state index contributed by atoms with van der Waals surface area (Å²) in [7, 11) is 1.41. The Morgan fingerprint density at radius 2 is 2.04 bits per heavy atom. The molecule has 0 aromatic carbocycles. The van der Waals surface area contributed by atoms with Crippen LogP contribution in [0.15, 0.2) is 6.20 Å². The molecule has 1 aliphatic rings. The molecule has 8 nitrogen and oxygen atoms in total. The van der Waals surface area contributed by atoms with Gasteiger partial charge in [0, 0.05) is 24.7 Å². The van der Waals surface area contributed by atoms with Crippen LogP contribution >= 0.6 is 0 Å². The van der Waals surface area contributed by atoms with Gasteiger partial charge in [-0.1, -0.05) is 13.8 Å². The minimum absolute atomic E-state index is 0.245. The summed E-state index contributed by atoms with van der Waals surface area (Å²) in [4.78, 5) is 22.3. The van der Waals surface area contributed by atoms with Crippen LogP contribution in [0.3, 0.4) is 0 Å². The van der Waals surface area contributed by atoms with E-state index in [0.29, 0.717) is 25.0 Å². The van der Waals surface area contributed by atoms with E-state index in [1.165, 1.54) is 7.11 Å². The minimum atomic E-state index is -0.262. The van der Waals surface area contributed by atoms with E-state index in [4.69, 9.17) is 4.74 Å². The van der Waals surface area contributed by atoms with Gasteiger partial charge >= 0.3 is 6.09 Å². The average Bonchev–Trinajstić information content (AvgIpc) is 2.99. The lowest BCUT2D eigenvalue weighted by Crippen LogP contribution is -2.42. The number of aryl methyl sites for hydroxylation is 1. The monoisotopic (exact) mass is 332 g/mol. The Morgan fingerprint density at radius 3 is 2.67 bits per heavy atom. The van der Waals surface area contributed by atoms with Crippen LogP contribution in [-0.4, -0.2) is 56.8 Å². The Hall–Kier alpha value is -2.38. The summed E-state index contributed by atoms with van der Waals surface area (Å²) in [6.07, 6.45) is 3.29. The molecule has 130 valence electrons. The van der Waals surface area contributed by atoms with Crippen molar-refractivity contribution < 1.29 is 9.53 Å². The fourth-order valence-corrected chi connectivity index (χ4v) is 3.02. The van der Waals surface area contributed by atoms with E-state index >= 15 is 0 Å². The number of piperidine rings is 1. The fraction of sp³-hybridized carbons (Fsp3) is 0.625. The van der Waals surface area contributed by atoms with Crippen LogP contribution < -0.4 is 5.32 Å². The van der Waals surface area contributed by atoms with Gasteiger partial charge in [0.2, 0.25) is 5.95 Å². The second kappa shape index (κ2) is 6.62. The molecule has 2 aromatic heterocycles. The Kier molecular flexibility index (Phi) is 4.55. The first-order valence-electron chi connectivity index (χ1n) is 8.31. The molecule has 0 bridgehead atoms. The predicted octanol–water partition coefficient (Wildman–Crippen LogP) is 2.20. The fourth-order valence-electron chi connectivity index (χ4n) is 3.02. The molecule has 3 heterocycles. The lowest BCUT2D eigenvalue weighted by molar-refractivity contribution is 0.113. The first kappa shape index (κ1) is 16.5. The number of carbonyl (C=O) groups is 1. The second-order valence-corrected chi connectivity index (χ2v) is 6.46. The highest BCUT2D eigenvalue weighted by Crippen LogP contribution is 2.22. The van der Waals surface area contributed by atoms with Gasteiger partial charge in [-0.15, -0.1) is 0 Å². The molecule has 0 saturated carbocycles. The van der Waals surface area contributed by atoms with Gasteiger partial charge in [0.25, 0.3) is 0 Å². The van der Waals surface area contributed by atoms with Crippen LogP contribution in [0.1, 0.15) is 44.0 Å². The lowest BCUT2D eigenvalue weighted by atomic mass is 10.1. The van der Waals surface area contributed by atoms with Crippen molar-refractivity contribution >= 4 is 17.7 Å². The van der Waals surface area contributed by atoms with Gasteiger partial charge < -0.3 is 15.0 Å². The van der Waals surface area contributed by atoms with Crippen molar-refractivity contribution in [1.82, 2.24) is 24.5 Å². The maximum atomic E-state index is 11.6. The zero-order valence-electron chi connectivity index (χ0n) is 14.6. The molecule has 1 fully saturated rings. The Balaban J connectivity index is 1.78. The van der Waals surface area contributed by atoms with E-state index in [9.17, 15) is 4.79 Å². The summed E-state index contributed by atoms with van der Waals surface area (Å²) in [5.74, 6) is 1.79. The van der Waals surface area contributed by atoms with E-state index in [1.54, 1.807) is 9.42 Å². The number of methoxy groups -OCH3 is 1. The highest BCUT2D eigenvalue weighted by Gasteiger charge is 2.24. The highest BCUT2D eigenvalue weighted by atomic mass is 16.5. The number of aromatic nitrogens is 4. The number of amides is 1. The number of rotatable bonds is 3. The van der Waals surface area contributed by atoms with Crippen molar-refractivity contribution in [2.45, 2.75) is 45.6 Å². The van der Waals surface area contributed by atoms with E-state index < -0.39 is 0 Å². The zero-order valence-corrected chi connectivity index (χ0v) is 14.6. The van der Waals surface area contributed by atoms with Crippen LogP contribution in [0.5, 0.6) is 0 Å².